The lowest BCUT2D eigenvalue weighted by atomic mass is 10.2. The van der Waals surface area contributed by atoms with Gasteiger partial charge < -0.3 is 0 Å². The van der Waals surface area contributed by atoms with Crippen LogP contribution in [0.5, 0.6) is 0 Å². The number of halogens is 3. The van der Waals surface area contributed by atoms with Crippen LogP contribution in [0.2, 0.25) is 0 Å². The Hall–Kier alpha value is -1.33. The molecule has 1 aromatic rings. The van der Waals surface area contributed by atoms with Crippen LogP contribution in [0.1, 0.15) is 5.56 Å². The van der Waals surface area contributed by atoms with E-state index in [2.05, 4.69) is 0 Å². The Bertz CT molecular complexity index is 632. The van der Waals surface area contributed by atoms with Crippen LogP contribution in [0, 0.1) is 17.0 Å². The molecule has 1 aromatic carbocycles. The van der Waals surface area contributed by atoms with Crippen molar-refractivity contribution in [2.24, 2.45) is 0 Å². The lowest BCUT2D eigenvalue weighted by Crippen LogP contribution is -2.26. The number of nitrogens with zero attached hydrogens (tertiary/aromatic N) is 1. The third kappa shape index (κ3) is 5.52. The highest BCUT2D eigenvalue weighted by atomic mass is 32.2. The van der Waals surface area contributed by atoms with Crippen molar-refractivity contribution in [1.29, 1.82) is 0 Å². The molecule has 118 valence electrons. The van der Waals surface area contributed by atoms with Gasteiger partial charge in [-0.1, -0.05) is 6.07 Å². The van der Waals surface area contributed by atoms with E-state index in [1.165, 1.54) is 13.0 Å². The molecule has 0 aliphatic carbocycles. The molecule has 0 saturated heterocycles. The molecule has 11 heteroatoms. The van der Waals surface area contributed by atoms with E-state index < -0.39 is 32.8 Å². The number of benzene rings is 1. The van der Waals surface area contributed by atoms with E-state index in [4.69, 9.17) is 0 Å². The number of rotatable bonds is 6. The zero-order valence-corrected chi connectivity index (χ0v) is 12.3. The molecule has 0 amide bonds. The molecule has 0 fully saturated rings. The number of sulfonamides is 1. The molecule has 21 heavy (non-hydrogen) atoms. The summed E-state index contributed by atoms with van der Waals surface area (Å²) in [6.45, 7) is 1.01. The predicted octanol–water partition coefficient (Wildman–Crippen LogP) is 2.43. The van der Waals surface area contributed by atoms with Crippen molar-refractivity contribution in [2.45, 2.75) is 17.3 Å². The normalized spacial score (nSPS) is 12.4. The molecule has 0 aliphatic heterocycles. The Balaban J connectivity index is 2.79. The van der Waals surface area contributed by atoms with Crippen molar-refractivity contribution in [3.05, 3.63) is 33.9 Å². The van der Waals surface area contributed by atoms with Gasteiger partial charge >= 0.3 is 5.51 Å². The number of nitro groups is 1. The fourth-order valence-corrected chi connectivity index (χ4v) is 3.00. The number of aryl methyl sites for hydroxylation is 1. The van der Waals surface area contributed by atoms with Gasteiger partial charge in [-0.15, -0.1) is 0 Å². The molecule has 1 rings (SSSR count). The number of nitro benzene ring substituents is 1. The standard InChI is InChI=1S/C10H11F3N2O4S2/c1-7-2-3-8(6-9(7)15(16)17)21(18,19)14-4-5-20-10(11,12)13/h2-3,6,14H,4-5H2,1H3. The van der Waals surface area contributed by atoms with Gasteiger partial charge in [0, 0.05) is 23.9 Å². The minimum Gasteiger partial charge on any atom is -0.258 e. The summed E-state index contributed by atoms with van der Waals surface area (Å²) in [6.07, 6.45) is 0. The molecule has 0 atom stereocenters. The summed E-state index contributed by atoms with van der Waals surface area (Å²) < 4.78 is 61.3. The summed E-state index contributed by atoms with van der Waals surface area (Å²) in [5.74, 6) is -0.489. The SMILES string of the molecule is Cc1ccc(S(=O)(=O)NCCSC(F)(F)F)cc1[N+](=O)[O-]. The van der Waals surface area contributed by atoms with E-state index in [0.29, 0.717) is 0 Å². The van der Waals surface area contributed by atoms with Gasteiger partial charge in [-0.05, 0) is 24.8 Å². The molecule has 0 aromatic heterocycles. The molecule has 0 aliphatic rings. The van der Waals surface area contributed by atoms with Gasteiger partial charge in [0.1, 0.15) is 0 Å². The zero-order valence-electron chi connectivity index (χ0n) is 10.7. The summed E-state index contributed by atoms with van der Waals surface area (Å²) in [6, 6.07) is 3.29. The fourth-order valence-electron chi connectivity index (χ4n) is 1.38. The number of hydrogen-bond donors (Lipinski definition) is 1. The maximum Gasteiger partial charge on any atom is 0.441 e. The van der Waals surface area contributed by atoms with Crippen LogP contribution in [0.4, 0.5) is 18.9 Å². The van der Waals surface area contributed by atoms with Crippen LogP contribution in [0.25, 0.3) is 0 Å². The Morgan fingerprint density at radius 2 is 2.00 bits per heavy atom. The van der Waals surface area contributed by atoms with Gasteiger partial charge in [0.2, 0.25) is 10.0 Å². The van der Waals surface area contributed by atoms with Crippen LogP contribution < -0.4 is 4.72 Å². The first-order valence-corrected chi connectivity index (χ1v) is 7.95. The summed E-state index contributed by atoms with van der Waals surface area (Å²) in [5, 5.41) is 10.7. The second-order valence-electron chi connectivity index (χ2n) is 3.90. The average molecular weight is 344 g/mol. The van der Waals surface area contributed by atoms with Crippen LogP contribution in [0.3, 0.4) is 0 Å². The highest BCUT2D eigenvalue weighted by Crippen LogP contribution is 2.29. The molecule has 1 N–H and O–H groups in total. The summed E-state index contributed by atoms with van der Waals surface area (Å²) >= 11 is -0.355. The van der Waals surface area contributed by atoms with Crippen LogP contribution in [-0.2, 0) is 10.0 Å². The monoisotopic (exact) mass is 344 g/mol. The maximum atomic E-state index is 11.9. The summed E-state index contributed by atoms with van der Waals surface area (Å²) in [5.41, 5.74) is -4.53. The Morgan fingerprint density at radius 3 is 2.52 bits per heavy atom. The second-order valence-corrected chi connectivity index (χ2v) is 6.82. The molecule has 6 nitrogen and oxygen atoms in total. The molecular weight excluding hydrogens is 333 g/mol. The van der Waals surface area contributed by atoms with Crippen molar-refractivity contribution in [3.8, 4) is 0 Å². The lowest BCUT2D eigenvalue weighted by molar-refractivity contribution is -0.385. The molecule has 0 heterocycles. The average Bonchev–Trinajstić information content (AvgIpc) is 2.33. The number of thioether (sulfide) groups is 1. The largest absolute Gasteiger partial charge is 0.441 e. The van der Waals surface area contributed by atoms with E-state index in [1.54, 1.807) is 0 Å². The van der Waals surface area contributed by atoms with Gasteiger partial charge in [-0.3, -0.25) is 10.1 Å². The van der Waals surface area contributed by atoms with Gasteiger partial charge in [-0.25, -0.2) is 13.1 Å². The Kier molecular flexibility index (Phi) is 5.59. The first kappa shape index (κ1) is 17.7. The molecular formula is C10H11F3N2O4S2. The van der Waals surface area contributed by atoms with Crippen LogP contribution >= 0.6 is 11.8 Å². The number of nitrogens with one attached hydrogen (secondary N) is 1. The molecule has 0 unspecified atom stereocenters. The van der Waals surface area contributed by atoms with Crippen LogP contribution in [0.15, 0.2) is 23.1 Å². The topological polar surface area (TPSA) is 89.3 Å². The van der Waals surface area contributed by atoms with E-state index in [0.717, 1.165) is 12.1 Å². The zero-order chi connectivity index (χ0) is 16.3. The number of alkyl halides is 3. The molecule has 0 spiro atoms. The van der Waals surface area contributed by atoms with Crippen molar-refractivity contribution in [2.75, 3.05) is 12.3 Å². The third-order valence-electron chi connectivity index (χ3n) is 2.35. The van der Waals surface area contributed by atoms with Crippen molar-refractivity contribution < 1.29 is 26.5 Å². The predicted molar refractivity (Wildman–Crippen MR) is 71.5 cm³/mol. The van der Waals surface area contributed by atoms with E-state index in [9.17, 15) is 31.7 Å². The lowest BCUT2D eigenvalue weighted by Gasteiger charge is -2.08. The first-order valence-electron chi connectivity index (χ1n) is 5.48. The molecule has 0 radical (unpaired) electrons. The Labute approximate surface area is 122 Å². The first-order chi connectivity index (χ1) is 9.53. The number of hydrogen-bond acceptors (Lipinski definition) is 5. The maximum absolute atomic E-state index is 11.9. The van der Waals surface area contributed by atoms with E-state index in [-0.39, 0.29) is 27.9 Å². The molecule has 0 saturated carbocycles. The van der Waals surface area contributed by atoms with Gasteiger partial charge in [0.25, 0.3) is 5.69 Å². The summed E-state index contributed by atoms with van der Waals surface area (Å²) in [7, 11) is -4.09. The fraction of sp³-hybridized carbons (Fsp3) is 0.400. The second kappa shape index (κ2) is 6.62. The van der Waals surface area contributed by atoms with Gasteiger partial charge in [0.05, 0.1) is 9.82 Å². The highest BCUT2D eigenvalue weighted by molar-refractivity contribution is 8.00. The van der Waals surface area contributed by atoms with Crippen LogP contribution in [-0.4, -0.2) is 31.1 Å². The minimum atomic E-state index is -4.44. The van der Waals surface area contributed by atoms with E-state index >= 15 is 0 Å². The van der Waals surface area contributed by atoms with E-state index in [1.807, 2.05) is 4.72 Å². The smallest absolute Gasteiger partial charge is 0.258 e. The highest BCUT2D eigenvalue weighted by Gasteiger charge is 2.28. The third-order valence-corrected chi connectivity index (χ3v) is 4.54. The quantitative estimate of drug-likeness (QED) is 0.486. The van der Waals surface area contributed by atoms with Crippen molar-refractivity contribution in [3.63, 3.8) is 0 Å². The van der Waals surface area contributed by atoms with Gasteiger partial charge in [-0.2, -0.15) is 13.2 Å². The molecule has 0 bridgehead atoms. The van der Waals surface area contributed by atoms with Crippen molar-refractivity contribution in [1.82, 2.24) is 4.72 Å². The summed E-state index contributed by atoms with van der Waals surface area (Å²) in [4.78, 5) is 9.64. The van der Waals surface area contributed by atoms with Gasteiger partial charge in [0.15, 0.2) is 0 Å². The van der Waals surface area contributed by atoms with Crippen molar-refractivity contribution >= 4 is 27.5 Å². The Morgan fingerprint density at radius 1 is 1.38 bits per heavy atom. The minimum absolute atomic E-state index is 0.284.